The van der Waals surface area contributed by atoms with Crippen molar-refractivity contribution in [1.29, 1.82) is 0 Å². The molecule has 0 bridgehead atoms. The Bertz CT molecular complexity index is 1330. The van der Waals surface area contributed by atoms with Crippen LogP contribution >= 0.6 is 0 Å². The highest BCUT2D eigenvalue weighted by Gasteiger charge is 2.29. The van der Waals surface area contributed by atoms with E-state index in [1.54, 1.807) is 4.68 Å². The lowest BCUT2D eigenvalue weighted by Crippen LogP contribution is -2.42. The normalized spacial score (nSPS) is 14.5. The Hall–Kier alpha value is -4.01. The first-order valence-corrected chi connectivity index (χ1v) is 11.0. The summed E-state index contributed by atoms with van der Waals surface area (Å²) in [7, 11) is 0. The minimum Gasteiger partial charge on any atom is -0.339 e. The molecule has 0 spiro atoms. The maximum absolute atomic E-state index is 13.2. The molecule has 1 aliphatic heterocycles. The van der Waals surface area contributed by atoms with Gasteiger partial charge in [0.05, 0.1) is 5.69 Å². The van der Waals surface area contributed by atoms with Crippen LogP contribution in [0.25, 0.3) is 16.7 Å². The highest BCUT2D eigenvalue weighted by atomic mass is 16.2. The van der Waals surface area contributed by atoms with Crippen molar-refractivity contribution in [1.82, 2.24) is 29.6 Å². The van der Waals surface area contributed by atoms with Gasteiger partial charge in [0.15, 0.2) is 0 Å². The Morgan fingerprint density at radius 2 is 1.79 bits per heavy atom. The molecule has 168 valence electrons. The summed E-state index contributed by atoms with van der Waals surface area (Å²) in [5.41, 5.74) is 5.34. The van der Waals surface area contributed by atoms with Crippen molar-refractivity contribution in [3.05, 3.63) is 71.8 Å². The van der Waals surface area contributed by atoms with Crippen LogP contribution in [0.4, 0.5) is 0 Å². The third kappa shape index (κ3) is 3.97. The molecule has 2 aromatic carbocycles. The Labute approximate surface area is 191 Å². The van der Waals surface area contributed by atoms with Crippen LogP contribution in [0.15, 0.2) is 54.9 Å². The van der Waals surface area contributed by atoms with Gasteiger partial charge < -0.3 is 4.90 Å². The van der Waals surface area contributed by atoms with E-state index in [4.69, 9.17) is 0 Å². The molecule has 4 aromatic rings. The average molecular weight is 444 g/mol. The summed E-state index contributed by atoms with van der Waals surface area (Å²) in [4.78, 5) is 28.0. The molecule has 33 heavy (non-hydrogen) atoms. The van der Waals surface area contributed by atoms with Gasteiger partial charge in [-0.15, -0.1) is 10.2 Å². The summed E-state index contributed by atoms with van der Waals surface area (Å²) in [5, 5.41) is 14.4. The number of benzene rings is 2. The summed E-state index contributed by atoms with van der Waals surface area (Å²) in [5.74, 6) is 0.126. The number of aromatic nitrogens is 5. The van der Waals surface area contributed by atoms with Crippen LogP contribution in [0.2, 0.25) is 0 Å². The van der Waals surface area contributed by atoms with Gasteiger partial charge in [-0.2, -0.15) is 5.10 Å². The predicted molar refractivity (Wildman–Crippen MR) is 124 cm³/mol. The first kappa shape index (κ1) is 20.9. The molecule has 0 saturated carbocycles. The molecule has 5 rings (SSSR count). The van der Waals surface area contributed by atoms with Crippen LogP contribution in [0.1, 0.15) is 34.6 Å². The van der Waals surface area contributed by atoms with Crippen LogP contribution in [0.5, 0.6) is 0 Å². The Balaban J connectivity index is 1.25. The zero-order chi connectivity index (χ0) is 22.9. The number of likely N-dealkylation sites (tertiary alicyclic amines) is 1. The number of fused-ring (bicyclic) bond motifs is 1. The van der Waals surface area contributed by atoms with Crippen molar-refractivity contribution in [3.63, 3.8) is 0 Å². The SMILES string of the molecule is Cc1cc(C)n(-c2nncn2NC(=O)C2CCN(C(=O)c3cccc4ccccc34)CC2)n1. The zero-order valence-electron chi connectivity index (χ0n) is 18.6. The molecule has 1 saturated heterocycles. The van der Waals surface area contributed by atoms with E-state index >= 15 is 0 Å². The van der Waals surface area contributed by atoms with Crippen LogP contribution in [0.3, 0.4) is 0 Å². The first-order valence-electron chi connectivity index (χ1n) is 11.0. The van der Waals surface area contributed by atoms with Gasteiger partial charge in [0.25, 0.3) is 11.9 Å². The number of hydrogen-bond acceptors (Lipinski definition) is 5. The summed E-state index contributed by atoms with van der Waals surface area (Å²) in [6, 6.07) is 15.6. The highest BCUT2D eigenvalue weighted by Crippen LogP contribution is 2.24. The van der Waals surface area contributed by atoms with Gasteiger partial charge in [-0.25, -0.2) is 9.36 Å². The van der Waals surface area contributed by atoms with Crippen molar-refractivity contribution < 1.29 is 9.59 Å². The van der Waals surface area contributed by atoms with Gasteiger partial charge in [-0.3, -0.25) is 15.0 Å². The van der Waals surface area contributed by atoms with Crippen LogP contribution in [-0.4, -0.2) is 54.5 Å². The third-order valence-electron chi connectivity index (χ3n) is 6.13. The minimum absolute atomic E-state index is 0.0104. The summed E-state index contributed by atoms with van der Waals surface area (Å²) in [6.07, 6.45) is 2.66. The van der Waals surface area contributed by atoms with Gasteiger partial charge in [0.1, 0.15) is 6.33 Å². The van der Waals surface area contributed by atoms with Crippen LogP contribution in [0, 0.1) is 19.8 Å². The van der Waals surface area contributed by atoms with E-state index in [-0.39, 0.29) is 17.7 Å². The molecule has 9 heteroatoms. The van der Waals surface area contributed by atoms with E-state index in [9.17, 15) is 9.59 Å². The lowest BCUT2D eigenvalue weighted by molar-refractivity contribution is -0.122. The average Bonchev–Trinajstić information content (AvgIpc) is 3.43. The molecule has 3 heterocycles. The maximum atomic E-state index is 13.2. The second-order valence-electron chi connectivity index (χ2n) is 8.41. The second kappa shape index (κ2) is 8.50. The van der Waals surface area contributed by atoms with E-state index in [0.717, 1.165) is 22.2 Å². The molecule has 2 amide bonds. The molecule has 9 nitrogen and oxygen atoms in total. The summed E-state index contributed by atoms with van der Waals surface area (Å²) in [6.45, 7) is 4.89. The van der Waals surface area contributed by atoms with E-state index in [2.05, 4.69) is 20.7 Å². The van der Waals surface area contributed by atoms with Gasteiger partial charge in [0, 0.05) is 30.3 Å². The van der Waals surface area contributed by atoms with Crippen molar-refractivity contribution in [3.8, 4) is 5.95 Å². The molecule has 1 N–H and O–H groups in total. The third-order valence-corrected chi connectivity index (χ3v) is 6.13. The predicted octanol–water partition coefficient (Wildman–Crippen LogP) is 2.86. The fourth-order valence-electron chi connectivity index (χ4n) is 4.42. The number of rotatable bonds is 4. The number of aryl methyl sites for hydroxylation is 2. The van der Waals surface area contributed by atoms with E-state index in [1.165, 1.54) is 11.0 Å². The molecule has 0 aliphatic carbocycles. The lowest BCUT2D eigenvalue weighted by Gasteiger charge is -2.31. The lowest BCUT2D eigenvalue weighted by atomic mass is 9.95. The monoisotopic (exact) mass is 443 g/mol. The van der Waals surface area contributed by atoms with E-state index < -0.39 is 0 Å². The minimum atomic E-state index is -0.197. The Morgan fingerprint density at radius 1 is 1.03 bits per heavy atom. The van der Waals surface area contributed by atoms with Crippen molar-refractivity contribution in [2.24, 2.45) is 5.92 Å². The fraction of sp³-hybridized carbons (Fsp3) is 0.292. The fourth-order valence-corrected chi connectivity index (χ4v) is 4.42. The second-order valence-corrected chi connectivity index (χ2v) is 8.41. The number of carbonyl (C=O) groups is 2. The van der Waals surface area contributed by atoms with Crippen molar-refractivity contribution >= 4 is 22.6 Å². The van der Waals surface area contributed by atoms with Gasteiger partial charge in [-0.1, -0.05) is 36.4 Å². The largest absolute Gasteiger partial charge is 0.339 e. The Morgan fingerprint density at radius 3 is 2.55 bits per heavy atom. The van der Waals surface area contributed by atoms with Gasteiger partial charge in [-0.05, 0) is 49.6 Å². The van der Waals surface area contributed by atoms with E-state index in [1.807, 2.05) is 67.3 Å². The number of nitrogens with zero attached hydrogens (tertiary/aromatic N) is 6. The quantitative estimate of drug-likeness (QED) is 0.523. The summed E-state index contributed by atoms with van der Waals surface area (Å²) < 4.78 is 3.14. The molecule has 1 aliphatic rings. The molecule has 0 atom stereocenters. The maximum Gasteiger partial charge on any atom is 0.271 e. The van der Waals surface area contributed by atoms with Crippen molar-refractivity contribution in [2.75, 3.05) is 18.5 Å². The molecular weight excluding hydrogens is 418 g/mol. The number of carbonyl (C=O) groups excluding carboxylic acids is 2. The smallest absolute Gasteiger partial charge is 0.271 e. The molecular formula is C24H25N7O2. The highest BCUT2D eigenvalue weighted by molar-refractivity contribution is 6.07. The van der Waals surface area contributed by atoms with Crippen molar-refractivity contribution in [2.45, 2.75) is 26.7 Å². The molecule has 0 radical (unpaired) electrons. The topological polar surface area (TPSA) is 97.9 Å². The Kier molecular flexibility index (Phi) is 5.37. The van der Waals surface area contributed by atoms with Crippen LogP contribution < -0.4 is 5.43 Å². The van der Waals surface area contributed by atoms with E-state index in [0.29, 0.717) is 37.4 Å². The standard InChI is InChI=1S/C24H25N7O2/c1-16-14-17(2)31(27-16)24-26-25-15-30(24)28-22(32)19-10-12-29(13-11-19)23(33)21-9-5-7-18-6-3-4-8-20(18)21/h3-9,14-15,19H,10-13H2,1-2H3,(H,28,32). The zero-order valence-corrected chi connectivity index (χ0v) is 18.6. The van der Waals surface area contributed by atoms with Gasteiger partial charge >= 0.3 is 0 Å². The summed E-state index contributed by atoms with van der Waals surface area (Å²) >= 11 is 0. The number of amides is 2. The van der Waals surface area contributed by atoms with Crippen LogP contribution in [-0.2, 0) is 4.79 Å². The molecule has 0 unspecified atom stereocenters. The molecule has 1 fully saturated rings. The molecule has 2 aromatic heterocycles. The first-order chi connectivity index (χ1) is 16.0. The number of hydrogen-bond donors (Lipinski definition) is 1. The number of nitrogens with one attached hydrogen (secondary N) is 1. The van der Waals surface area contributed by atoms with Gasteiger partial charge in [0.2, 0.25) is 5.91 Å². The number of piperidine rings is 1.